The van der Waals surface area contributed by atoms with Crippen LogP contribution < -0.4 is 10.1 Å². The number of carbonyl (C=O) groups excluding carboxylic acids is 1. The van der Waals surface area contributed by atoms with E-state index in [0.717, 1.165) is 18.3 Å². The minimum absolute atomic E-state index is 0.0235. The van der Waals surface area contributed by atoms with Crippen LogP contribution in [0.1, 0.15) is 11.1 Å². The highest BCUT2D eigenvalue weighted by atomic mass is 127. The number of amides is 1. The number of nitrogens with zero attached hydrogens (tertiary/aromatic N) is 1. The Morgan fingerprint density at radius 2 is 2.00 bits per heavy atom. The van der Waals surface area contributed by atoms with Crippen LogP contribution in [0.3, 0.4) is 0 Å². The van der Waals surface area contributed by atoms with Crippen molar-refractivity contribution < 1.29 is 9.53 Å². The quantitative estimate of drug-likeness (QED) is 0.245. The van der Waals surface area contributed by atoms with Crippen molar-refractivity contribution >= 4 is 62.9 Å². The maximum absolute atomic E-state index is 12.4. The number of nitrogens with one attached hydrogen (secondary N) is 1. The SMILES string of the molecule is C#CCOc1c(I)cc(/C=C(/C#N)C(=O)Nc2cccc(C)c2)cc1I. The number of hydrogen-bond donors (Lipinski definition) is 1. The molecule has 0 heterocycles. The van der Waals surface area contributed by atoms with Crippen LogP contribution in [0.15, 0.2) is 42.0 Å². The summed E-state index contributed by atoms with van der Waals surface area (Å²) in [5.74, 6) is 2.68. The number of nitriles is 1. The molecule has 26 heavy (non-hydrogen) atoms. The van der Waals surface area contributed by atoms with Gasteiger partial charge >= 0.3 is 0 Å². The highest BCUT2D eigenvalue weighted by molar-refractivity contribution is 14.1. The van der Waals surface area contributed by atoms with Crippen molar-refractivity contribution in [2.45, 2.75) is 6.92 Å². The molecule has 2 rings (SSSR count). The molecule has 6 heteroatoms. The molecule has 0 aliphatic heterocycles. The van der Waals surface area contributed by atoms with E-state index in [0.29, 0.717) is 11.4 Å². The van der Waals surface area contributed by atoms with E-state index in [-0.39, 0.29) is 12.2 Å². The first-order valence-electron chi connectivity index (χ1n) is 7.49. The van der Waals surface area contributed by atoms with E-state index in [1.807, 2.05) is 43.3 Å². The van der Waals surface area contributed by atoms with Gasteiger partial charge < -0.3 is 10.1 Å². The molecule has 0 saturated heterocycles. The van der Waals surface area contributed by atoms with Gasteiger partial charge in [-0.3, -0.25) is 4.79 Å². The second-order valence-corrected chi connectivity index (χ2v) is 7.62. The Bertz CT molecular complexity index is 930. The van der Waals surface area contributed by atoms with Crippen LogP contribution in [0.25, 0.3) is 6.08 Å². The summed E-state index contributed by atoms with van der Waals surface area (Å²) in [6, 6.07) is 13.0. The number of benzene rings is 2. The number of halogens is 2. The van der Waals surface area contributed by atoms with Gasteiger partial charge in [-0.15, -0.1) is 6.42 Å². The smallest absolute Gasteiger partial charge is 0.266 e. The minimum Gasteiger partial charge on any atom is -0.479 e. The summed E-state index contributed by atoms with van der Waals surface area (Å²) in [5, 5.41) is 12.1. The van der Waals surface area contributed by atoms with Crippen molar-refractivity contribution in [3.63, 3.8) is 0 Å². The van der Waals surface area contributed by atoms with Gasteiger partial charge in [0.1, 0.15) is 24.0 Å². The fourth-order valence-electron chi connectivity index (χ4n) is 2.15. The van der Waals surface area contributed by atoms with Crippen molar-refractivity contribution in [2.75, 3.05) is 11.9 Å². The Morgan fingerprint density at radius 1 is 1.31 bits per heavy atom. The molecule has 130 valence electrons. The normalized spacial score (nSPS) is 10.6. The molecular formula is C20H14I2N2O2. The van der Waals surface area contributed by atoms with E-state index in [1.54, 1.807) is 12.1 Å². The Hall–Kier alpha value is -2.04. The molecule has 0 aliphatic carbocycles. The van der Waals surface area contributed by atoms with Gasteiger partial charge in [0.2, 0.25) is 0 Å². The predicted molar refractivity (Wildman–Crippen MR) is 120 cm³/mol. The summed E-state index contributed by atoms with van der Waals surface area (Å²) in [7, 11) is 0. The average Bonchev–Trinajstić information content (AvgIpc) is 2.59. The van der Waals surface area contributed by atoms with Gasteiger partial charge in [-0.25, -0.2) is 0 Å². The zero-order valence-corrected chi connectivity index (χ0v) is 18.2. The molecule has 0 spiro atoms. The summed E-state index contributed by atoms with van der Waals surface area (Å²) < 4.78 is 7.23. The first kappa shape index (κ1) is 20.3. The third-order valence-electron chi connectivity index (χ3n) is 3.27. The lowest BCUT2D eigenvalue weighted by atomic mass is 10.1. The van der Waals surface area contributed by atoms with Crippen LogP contribution in [0, 0.1) is 37.7 Å². The molecule has 0 radical (unpaired) electrons. The number of terminal acetylenes is 1. The molecular weight excluding hydrogens is 554 g/mol. The second kappa shape index (κ2) is 9.60. The van der Waals surface area contributed by atoms with E-state index in [9.17, 15) is 10.1 Å². The fourth-order valence-corrected chi connectivity index (χ4v) is 4.28. The monoisotopic (exact) mass is 568 g/mol. The molecule has 0 aromatic heterocycles. The second-order valence-electron chi connectivity index (χ2n) is 5.30. The van der Waals surface area contributed by atoms with Gasteiger partial charge in [0.25, 0.3) is 5.91 Å². The van der Waals surface area contributed by atoms with E-state index >= 15 is 0 Å². The molecule has 0 bridgehead atoms. The predicted octanol–water partition coefficient (Wildman–Crippen LogP) is 4.76. The Balaban J connectivity index is 2.27. The fraction of sp³-hybridized carbons (Fsp3) is 0.100. The molecule has 0 unspecified atom stereocenters. The van der Waals surface area contributed by atoms with Crippen LogP contribution in [-0.4, -0.2) is 12.5 Å². The Labute approximate surface area is 179 Å². The van der Waals surface area contributed by atoms with E-state index in [4.69, 9.17) is 11.2 Å². The van der Waals surface area contributed by atoms with Crippen molar-refractivity contribution in [1.82, 2.24) is 0 Å². The highest BCUT2D eigenvalue weighted by Gasteiger charge is 2.12. The average molecular weight is 568 g/mol. The highest BCUT2D eigenvalue weighted by Crippen LogP contribution is 2.29. The Kier molecular flexibility index (Phi) is 7.49. The standard InChI is InChI=1S/C20H14I2N2O2/c1-3-7-26-19-17(21)10-14(11-18(19)22)9-15(12-23)20(25)24-16-6-4-5-13(2)8-16/h1,4-6,8-11H,7H2,2H3,(H,24,25)/b15-9-. The van der Waals surface area contributed by atoms with Gasteiger partial charge in [0.15, 0.2) is 0 Å². The molecule has 0 fully saturated rings. The van der Waals surface area contributed by atoms with Gasteiger partial charge in [-0.2, -0.15) is 5.26 Å². The van der Waals surface area contributed by atoms with Crippen molar-refractivity contribution in [2.24, 2.45) is 0 Å². The van der Waals surface area contributed by atoms with E-state index < -0.39 is 5.91 Å². The molecule has 0 aliphatic rings. The molecule has 1 N–H and O–H groups in total. The Morgan fingerprint density at radius 3 is 2.58 bits per heavy atom. The number of hydrogen-bond acceptors (Lipinski definition) is 3. The van der Waals surface area contributed by atoms with E-state index in [1.165, 1.54) is 0 Å². The lowest BCUT2D eigenvalue weighted by molar-refractivity contribution is -0.112. The van der Waals surface area contributed by atoms with Gasteiger partial charge in [-0.1, -0.05) is 18.1 Å². The summed E-state index contributed by atoms with van der Waals surface area (Å²) in [6.45, 7) is 2.12. The van der Waals surface area contributed by atoms with Crippen LogP contribution in [0.4, 0.5) is 5.69 Å². The van der Waals surface area contributed by atoms with Gasteiger partial charge in [-0.05, 0) is 93.6 Å². The lowest BCUT2D eigenvalue weighted by Gasteiger charge is -2.09. The number of anilines is 1. The van der Waals surface area contributed by atoms with Crippen LogP contribution >= 0.6 is 45.2 Å². The van der Waals surface area contributed by atoms with Crippen LogP contribution in [0.2, 0.25) is 0 Å². The van der Waals surface area contributed by atoms with Crippen LogP contribution in [0.5, 0.6) is 5.75 Å². The number of carbonyl (C=O) groups is 1. The van der Waals surface area contributed by atoms with Crippen molar-refractivity contribution in [1.29, 1.82) is 5.26 Å². The van der Waals surface area contributed by atoms with Crippen molar-refractivity contribution in [3.05, 3.63) is 60.2 Å². The zero-order valence-electron chi connectivity index (χ0n) is 13.8. The van der Waals surface area contributed by atoms with Gasteiger partial charge in [0.05, 0.1) is 7.14 Å². The van der Waals surface area contributed by atoms with Gasteiger partial charge in [0, 0.05) is 5.69 Å². The summed E-state index contributed by atoms with van der Waals surface area (Å²) in [6.07, 6.45) is 6.78. The maximum Gasteiger partial charge on any atom is 0.266 e. The maximum atomic E-state index is 12.4. The molecule has 0 atom stereocenters. The number of rotatable bonds is 5. The van der Waals surface area contributed by atoms with Crippen molar-refractivity contribution in [3.8, 4) is 24.2 Å². The summed E-state index contributed by atoms with van der Waals surface area (Å²) in [5.41, 5.74) is 2.44. The van der Waals surface area contributed by atoms with Crippen LogP contribution in [-0.2, 0) is 4.79 Å². The minimum atomic E-state index is -0.448. The largest absolute Gasteiger partial charge is 0.479 e. The summed E-state index contributed by atoms with van der Waals surface area (Å²) in [4.78, 5) is 12.4. The molecule has 1 amide bonds. The number of ether oxygens (including phenoxy) is 1. The summed E-state index contributed by atoms with van der Waals surface area (Å²) >= 11 is 4.28. The first-order valence-corrected chi connectivity index (χ1v) is 9.65. The third-order valence-corrected chi connectivity index (χ3v) is 4.88. The molecule has 0 saturated carbocycles. The topological polar surface area (TPSA) is 62.1 Å². The third kappa shape index (κ3) is 5.48. The first-order chi connectivity index (χ1) is 12.4. The zero-order chi connectivity index (χ0) is 19.1. The van der Waals surface area contributed by atoms with E-state index in [2.05, 4.69) is 56.4 Å². The molecule has 2 aromatic rings. The lowest BCUT2D eigenvalue weighted by Crippen LogP contribution is -2.13. The molecule has 4 nitrogen and oxygen atoms in total. The molecule has 2 aromatic carbocycles. The number of aryl methyl sites for hydroxylation is 1.